The lowest BCUT2D eigenvalue weighted by Crippen LogP contribution is -2.24. The second-order valence-electron chi connectivity index (χ2n) is 4.31. The quantitative estimate of drug-likeness (QED) is 0.839. The van der Waals surface area contributed by atoms with Gasteiger partial charge in [0.1, 0.15) is 10.7 Å². The number of hydrogen-bond acceptors (Lipinski definition) is 4. The molecule has 0 aliphatic heterocycles. The lowest BCUT2D eigenvalue weighted by atomic mass is 10.2. The Kier molecular flexibility index (Phi) is 4.01. The standard InChI is InChI=1S/C13H14FN3O2S/c1-9-2-3-10(7-16-9)8-17-20(18,19)13-6-11(14)4-5-12(13)15/h2-7,17H,8,15H2,1H3. The Morgan fingerprint density at radius 1 is 1.30 bits per heavy atom. The average molecular weight is 295 g/mol. The molecule has 0 radical (unpaired) electrons. The van der Waals surface area contributed by atoms with Crippen molar-refractivity contribution < 1.29 is 12.8 Å². The lowest BCUT2D eigenvalue weighted by molar-refractivity contribution is 0.578. The maximum atomic E-state index is 13.1. The highest BCUT2D eigenvalue weighted by Crippen LogP contribution is 2.19. The van der Waals surface area contributed by atoms with Crippen LogP contribution in [0.25, 0.3) is 0 Å². The van der Waals surface area contributed by atoms with Gasteiger partial charge in [0, 0.05) is 18.4 Å². The van der Waals surface area contributed by atoms with E-state index in [0.29, 0.717) is 5.56 Å². The number of aromatic nitrogens is 1. The minimum absolute atomic E-state index is 0.000862. The summed E-state index contributed by atoms with van der Waals surface area (Å²) in [6.07, 6.45) is 1.58. The van der Waals surface area contributed by atoms with E-state index in [0.717, 1.165) is 17.8 Å². The van der Waals surface area contributed by atoms with Crippen LogP contribution >= 0.6 is 0 Å². The summed E-state index contributed by atoms with van der Waals surface area (Å²) < 4.78 is 39.6. The molecule has 1 aromatic heterocycles. The third-order valence-corrected chi connectivity index (χ3v) is 4.16. The van der Waals surface area contributed by atoms with Crippen LogP contribution in [0, 0.1) is 12.7 Å². The van der Waals surface area contributed by atoms with E-state index >= 15 is 0 Å². The van der Waals surface area contributed by atoms with Gasteiger partial charge < -0.3 is 5.73 Å². The Morgan fingerprint density at radius 3 is 2.70 bits per heavy atom. The van der Waals surface area contributed by atoms with E-state index in [4.69, 9.17) is 5.73 Å². The van der Waals surface area contributed by atoms with Gasteiger partial charge in [-0.15, -0.1) is 0 Å². The van der Waals surface area contributed by atoms with E-state index in [1.165, 1.54) is 6.07 Å². The number of hydrogen-bond donors (Lipinski definition) is 2. The van der Waals surface area contributed by atoms with E-state index in [1.54, 1.807) is 18.3 Å². The first-order valence-electron chi connectivity index (χ1n) is 5.85. The topological polar surface area (TPSA) is 85.1 Å². The molecule has 2 rings (SSSR count). The minimum atomic E-state index is -3.86. The number of aryl methyl sites for hydroxylation is 1. The number of nitrogens with one attached hydrogen (secondary N) is 1. The number of nitrogens with zero attached hydrogens (tertiary/aromatic N) is 1. The molecule has 0 spiro atoms. The zero-order valence-electron chi connectivity index (χ0n) is 10.8. The molecule has 0 amide bonds. The van der Waals surface area contributed by atoms with E-state index in [1.807, 2.05) is 6.92 Å². The molecule has 3 N–H and O–H groups in total. The summed E-state index contributed by atoms with van der Waals surface area (Å²) in [6, 6.07) is 6.76. The number of pyridine rings is 1. The van der Waals surface area contributed by atoms with E-state index in [9.17, 15) is 12.8 Å². The molecule has 0 saturated carbocycles. The van der Waals surface area contributed by atoms with Crippen LogP contribution in [0.5, 0.6) is 0 Å². The number of nitrogens with two attached hydrogens (primary N) is 1. The molecule has 7 heteroatoms. The van der Waals surface area contributed by atoms with Crippen molar-refractivity contribution in [3.8, 4) is 0 Å². The molecule has 0 fully saturated rings. The zero-order valence-corrected chi connectivity index (χ0v) is 11.6. The molecule has 0 aliphatic carbocycles. The average Bonchev–Trinajstić information content (AvgIpc) is 2.41. The molecular weight excluding hydrogens is 281 g/mol. The van der Waals surface area contributed by atoms with Crippen molar-refractivity contribution in [1.29, 1.82) is 0 Å². The van der Waals surface area contributed by atoms with Gasteiger partial charge in [0.15, 0.2) is 0 Å². The molecule has 20 heavy (non-hydrogen) atoms. The highest BCUT2D eigenvalue weighted by molar-refractivity contribution is 7.89. The van der Waals surface area contributed by atoms with Crippen LogP contribution < -0.4 is 10.5 Å². The lowest BCUT2D eigenvalue weighted by Gasteiger charge is -2.09. The SMILES string of the molecule is Cc1ccc(CNS(=O)(=O)c2cc(F)ccc2N)cn1. The van der Waals surface area contributed by atoms with Crippen molar-refractivity contribution in [2.24, 2.45) is 0 Å². The third-order valence-electron chi connectivity index (χ3n) is 2.70. The molecule has 1 heterocycles. The zero-order chi connectivity index (χ0) is 14.8. The fourth-order valence-electron chi connectivity index (χ4n) is 1.60. The Hall–Kier alpha value is -1.99. The predicted octanol–water partition coefficient (Wildman–Crippen LogP) is 1.59. The summed E-state index contributed by atoms with van der Waals surface area (Å²) in [5, 5.41) is 0. The van der Waals surface area contributed by atoms with Crippen molar-refractivity contribution in [2.75, 3.05) is 5.73 Å². The van der Waals surface area contributed by atoms with Crippen LogP contribution in [-0.4, -0.2) is 13.4 Å². The summed E-state index contributed by atoms with van der Waals surface area (Å²) in [5.41, 5.74) is 7.11. The first-order chi connectivity index (χ1) is 9.38. The molecular formula is C13H14FN3O2S. The number of sulfonamides is 1. The van der Waals surface area contributed by atoms with Gasteiger partial charge in [-0.25, -0.2) is 17.5 Å². The first kappa shape index (κ1) is 14.4. The Labute approximate surface area is 116 Å². The third kappa shape index (κ3) is 3.31. The fourth-order valence-corrected chi connectivity index (χ4v) is 2.76. The van der Waals surface area contributed by atoms with Gasteiger partial charge in [0.25, 0.3) is 0 Å². The van der Waals surface area contributed by atoms with Gasteiger partial charge in [0.05, 0.1) is 5.69 Å². The monoisotopic (exact) mass is 295 g/mol. The summed E-state index contributed by atoms with van der Waals surface area (Å²) in [6.45, 7) is 1.90. The number of nitrogen functional groups attached to an aromatic ring is 1. The maximum absolute atomic E-state index is 13.1. The Balaban J connectivity index is 2.19. The van der Waals surface area contributed by atoms with Gasteiger partial charge >= 0.3 is 0 Å². The van der Waals surface area contributed by atoms with Crippen molar-refractivity contribution in [1.82, 2.24) is 9.71 Å². The summed E-state index contributed by atoms with van der Waals surface area (Å²) >= 11 is 0. The summed E-state index contributed by atoms with van der Waals surface area (Å²) in [4.78, 5) is 3.80. The number of benzene rings is 1. The molecule has 0 saturated heterocycles. The minimum Gasteiger partial charge on any atom is -0.398 e. The second-order valence-corrected chi connectivity index (χ2v) is 6.05. The fraction of sp³-hybridized carbons (Fsp3) is 0.154. The van der Waals surface area contributed by atoms with Crippen LogP contribution in [0.1, 0.15) is 11.3 Å². The molecule has 106 valence electrons. The van der Waals surface area contributed by atoms with Gasteiger partial charge in [-0.2, -0.15) is 0 Å². The first-order valence-corrected chi connectivity index (χ1v) is 7.33. The molecule has 5 nitrogen and oxygen atoms in total. The van der Waals surface area contributed by atoms with Crippen LogP contribution in [0.15, 0.2) is 41.4 Å². The normalized spacial score (nSPS) is 11.5. The highest BCUT2D eigenvalue weighted by Gasteiger charge is 2.18. The van der Waals surface area contributed by atoms with Gasteiger partial charge in [-0.3, -0.25) is 4.98 Å². The Bertz CT molecular complexity index is 715. The number of rotatable bonds is 4. The van der Waals surface area contributed by atoms with E-state index in [-0.39, 0.29) is 17.1 Å². The van der Waals surface area contributed by atoms with Crippen molar-refractivity contribution in [3.63, 3.8) is 0 Å². The summed E-state index contributed by atoms with van der Waals surface area (Å²) in [5.74, 6) is -0.656. The van der Waals surface area contributed by atoms with Crippen LogP contribution in [0.4, 0.5) is 10.1 Å². The van der Waals surface area contributed by atoms with Crippen molar-refractivity contribution >= 4 is 15.7 Å². The number of anilines is 1. The molecule has 2 aromatic rings. The smallest absolute Gasteiger partial charge is 0.243 e. The van der Waals surface area contributed by atoms with Crippen LogP contribution in [-0.2, 0) is 16.6 Å². The van der Waals surface area contributed by atoms with E-state index in [2.05, 4.69) is 9.71 Å². The molecule has 0 unspecified atom stereocenters. The van der Waals surface area contributed by atoms with Gasteiger partial charge in [-0.05, 0) is 36.8 Å². The largest absolute Gasteiger partial charge is 0.398 e. The van der Waals surface area contributed by atoms with Crippen molar-refractivity contribution in [2.45, 2.75) is 18.4 Å². The summed E-state index contributed by atoms with van der Waals surface area (Å²) in [7, 11) is -3.86. The van der Waals surface area contributed by atoms with Gasteiger partial charge in [-0.1, -0.05) is 6.07 Å². The van der Waals surface area contributed by atoms with Crippen LogP contribution in [0.2, 0.25) is 0 Å². The predicted molar refractivity (Wildman–Crippen MR) is 73.8 cm³/mol. The van der Waals surface area contributed by atoms with E-state index < -0.39 is 15.8 Å². The van der Waals surface area contributed by atoms with Crippen molar-refractivity contribution in [3.05, 3.63) is 53.6 Å². The second kappa shape index (κ2) is 5.56. The van der Waals surface area contributed by atoms with Gasteiger partial charge in [0.2, 0.25) is 10.0 Å². The molecule has 0 atom stereocenters. The molecule has 0 bridgehead atoms. The Morgan fingerprint density at radius 2 is 2.05 bits per heavy atom. The number of halogens is 1. The highest BCUT2D eigenvalue weighted by atomic mass is 32.2. The molecule has 0 aliphatic rings. The molecule has 1 aromatic carbocycles. The van der Waals surface area contributed by atoms with Crippen LogP contribution in [0.3, 0.4) is 0 Å². The maximum Gasteiger partial charge on any atom is 0.243 e.